The number of halogens is 1. The van der Waals surface area contributed by atoms with E-state index in [-0.39, 0.29) is 11.6 Å². The predicted molar refractivity (Wildman–Crippen MR) is 88.9 cm³/mol. The van der Waals surface area contributed by atoms with Crippen molar-refractivity contribution in [2.24, 2.45) is 0 Å². The molecule has 24 heavy (non-hydrogen) atoms. The summed E-state index contributed by atoms with van der Waals surface area (Å²) in [6, 6.07) is 3.18. The highest BCUT2D eigenvalue weighted by Gasteiger charge is 2.31. The van der Waals surface area contributed by atoms with E-state index in [1.54, 1.807) is 7.05 Å². The maximum absolute atomic E-state index is 14.8. The Balaban J connectivity index is 2.11. The van der Waals surface area contributed by atoms with Gasteiger partial charge in [0.25, 0.3) is 0 Å². The molecule has 1 aromatic heterocycles. The molecular formula is C17H19FN4O2. The number of likely N-dealkylation sites (tertiary alicyclic amines) is 1. The standard InChI is InChI=1S/C17H19FN4O2/c1-9-10(2)20-15-11(7-19)6-13(18)16(14(9)15)21(3)12-4-5-22(8-12)17(23)24/h6,12,20H,4-5,8H2,1-3H3,(H,23,24). The lowest BCUT2D eigenvalue weighted by molar-refractivity contribution is 0.155. The molecule has 2 heterocycles. The number of rotatable bonds is 2. The number of nitrogens with one attached hydrogen (secondary N) is 1. The van der Waals surface area contributed by atoms with Crippen LogP contribution in [0.1, 0.15) is 23.2 Å². The first kappa shape index (κ1) is 16.1. The van der Waals surface area contributed by atoms with Crippen molar-refractivity contribution in [1.29, 1.82) is 5.26 Å². The quantitative estimate of drug-likeness (QED) is 0.887. The van der Waals surface area contributed by atoms with Gasteiger partial charge in [-0.3, -0.25) is 0 Å². The third-order valence-electron chi connectivity index (χ3n) is 4.96. The van der Waals surface area contributed by atoms with Crippen molar-refractivity contribution in [3.63, 3.8) is 0 Å². The number of anilines is 1. The van der Waals surface area contributed by atoms with Gasteiger partial charge in [-0.05, 0) is 31.9 Å². The second-order valence-corrected chi connectivity index (χ2v) is 6.27. The first-order valence-electron chi connectivity index (χ1n) is 7.77. The maximum Gasteiger partial charge on any atom is 0.407 e. The number of nitrogens with zero attached hydrogens (tertiary/aromatic N) is 3. The zero-order chi connectivity index (χ0) is 17.6. The number of hydrogen-bond donors (Lipinski definition) is 2. The molecule has 2 aromatic rings. The third-order valence-corrected chi connectivity index (χ3v) is 4.96. The zero-order valence-electron chi connectivity index (χ0n) is 13.9. The van der Waals surface area contributed by atoms with Crippen molar-refractivity contribution in [1.82, 2.24) is 9.88 Å². The molecule has 1 aliphatic rings. The van der Waals surface area contributed by atoms with Gasteiger partial charge in [0, 0.05) is 37.3 Å². The fourth-order valence-corrected chi connectivity index (χ4v) is 3.45. The van der Waals surface area contributed by atoms with Gasteiger partial charge >= 0.3 is 6.09 Å². The molecule has 0 spiro atoms. The van der Waals surface area contributed by atoms with E-state index in [9.17, 15) is 14.4 Å². The largest absolute Gasteiger partial charge is 0.465 e. The SMILES string of the molecule is Cc1[nH]c2c(C#N)cc(F)c(N(C)C3CCN(C(=O)O)C3)c2c1C. The van der Waals surface area contributed by atoms with E-state index in [4.69, 9.17) is 5.11 Å². The summed E-state index contributed by atoms with van der Waals surface area (Å²) in [6.07, 6.45) is -0.309. The monoisotopic (exact) mass is 330 g/mol. The molecule has 2 N–H and O–H groups in total. The van der Waals surface area contributed by atoms with Crippen LogP contribution in [-0.2, 0) is 0 Å². The van der Waals surface area contributed by atoms with Crippen molar-refractivity contribution >= 4 is 22.7 Å². The molecule has 0 saturated carbocycles. The van der Waals surface area contributed by atoms with Gasteiger partial charge in [-0.2, -0.15) is 5.26 Å². The Morgan fingerprint density at radius 2 is 2.25 bits per heavy atom. The van der Waals surface area contributed by atoms with Crippen molar-refractivity contribution < 1.29 is 14.3 Å². The highest BCUT2D eigenvalue weighted by atomic mass is 19.1. The van der Waals surface area contributed by atoms with Crippen LogP contribution in [0.5, 0.6) is 0 Å². The second-order valence-electron chi connectivity index (χ2n) is 6.27. The van der Waals surface area contributed by atoms with Gasteiger partial charge in [0.2, 0.25) is 0 Å². The predicted octanol–water partition coefficient (Wildman–Crippen LogP) is 2.98. The third kappa shape index (κ3) is 2.35. The van der Waals surface area contributed by atoms with Crippen LogP contribution in [0.3, 0.4) is 0 Å². The van der Waals surface area contributed by atoms with Gasteiger partial charge in [-0.15, -0.1) is 0 Å². The summed E-state index contributed by atoms with van der Waals surface area (Å²) < 4.78 is 14.8. The van der Waals surface area contributed by atoms with Gasteiger partial charge in [0.05, 0.1) is 16.8 Å². The molecule has 0 bridgehead atoms. The molecule has 3 rings (SSSR count). The first-order valence-corrected chi connectivity index (χ1v) is 7.77. The molecule has 1 amide bonds. The molecular weight excluding hydrogens is 311 g/mol. The van der Waals surface area contributed by atoms with E-state index in [0.717, 1.165) is 11.3 Å². The topological polar surface area (TPSA) is 83.4 Å². The summed E-state index contributed by atoms with van der Waals surface area (Å²) >= 11 is 0. The fourth-order valence-electron chi connectivity index (χ4n) is 3.45. The number of aromatic amines is 1. The van der Waals surface area contributed by atoms with E-state index in [2.05, 4.69) is 4.98 Å². The molecule has 1 unspecified atom stereocenters. The van der Waals surface area contributed by atoms with Crippen LogP contribution in [0.15, 0.2) is 6.07 Å². The summed E-state index contributed by atoms with van der Waals surface area (Å²) in [7, 11) is 1.78. The minimum atomic E-state index is -0.954. The number of likely N-dealkylation sites (N-methyl/N-ethyl adjacent to an activating group) is 1. The summed E-state index contributed by atoms with van der Waals surface area (Å²) in [5, 5.41) is 19.1. The van der Waals surface area contributed by atoms with Gasteiger partial charge < -0.3 is 19.9 Å². The number of H-pyrrole nitrogens is 1. The summed E-state index contributed by atoms with van der Waals surface area (Å²) in [6.45, 7) is 4.57. The van der Waals surface area contributed by atoms with E-state index >= 15 is 0 Å². The maximum atomic E-state index is 14.8. The molecule has 1 atom stereocenters. The van der Waals surface area contributed by atoms with Crippen molar-refractivity contribution in [2.75, 3.05) is 25.0 Å². The number of nitriles is 1. The summed E-state index contributed by atoms with van der Waals surface area (Å²) in [5.41, 5.74) is 3.11. The van der Waals surface area contributed by atoms with Crippen LogP contribution in [0.4, 0.5) is 14.9 Å². The Hall–Kier alpha value is -2.75. The Morgan fingerprint density at radius 3 is 2.83 bits per heavy atom. The van der Waals surface area contributed by atoms with Crippen LogP contribution in [0.2, 0.25) is 0 Å². The molecule has 1 aliphatic heterocycles. The number of fused-ring (bicyclic) bond motifs is 1. The number of aromatic nitrogens is 1. The summed E-state index contributed by atoms with van der Waals surface area (Å²) in [4.78, 5) is 17.4. The lowest BCUT2D eigenvalue weighted by atomic mass is 10.0. The van der Waals surface area contributed by atoms with E-state index in [0.29, 0.717) is 36.1 Å². The molecule has 1 saturated heterocycles. The molecule has 126 valence electrons. The normalized spacial score (nSPS) is 17.3. The van der Waals surface area contributed by atoms with Crippen molar-refractivity contribution in [3.05, 3.63) is 28.7 Å². The Labute approximate surface area is 139 Å². The van der Waals surface area contributed by atoms with E-state index < -0.39 is 11.9 Å². The Morgan fingerprint density at radius 1 is 1.54 bits per heavy atom. The number of hydrogen-bond acceptors (Lipinski definition) is 3. The zero-order valence-corrected chi connectivity index (χ0v) is 13.9. The van der Waals surface area contributed by atoms with Crippen LogP contribution in [0, 0.1) is 31.0 Å². The summed E-state index contributed by atoms with van der Waals surface area (Å²) in [5.74, 6) is -0.461. The Kier molecular flexibility index (Phi) is 3.84. The van der Waals surface area contributed by atoms with Crippen molar-refractivity contribution in [2.45, 2.75) is 26.3 Å². The van der Waals surface area contributed by atoms with Crippen molar-refractivity contribution in [3.8, 4) is 6.07 Å². The molecule has 7 heteroatoms. The number of benzene rings is 1. The van der Waals surface area contributed by atoms with Crippen LogP contribution < -0.4 is 4.90 Å². The lowest BCUT2D eigenvalue weighted by Gasteiger charge is -2.28. The minimum Gasteiger partial charge on any atom is -0.465 e. The molecule has 1 fully saturated rings. The Bertz CT molecular complexity index is 868. The van der Waals surface area contributed by atoms with Gasteiger partial charge in [0.15, 0.2) is 0 Å². The molecule has 6 nitrogen and oxygen atoms in total. The van der Waals surface area contributed by atoms with Gasteiger partial charge in [-0.25, -0.2) is 9.18 Å². The number of carboxylic acid groups (broad SMARTS) is 1. The van der Waals surface area contributed by atoms with E-state index in [1.165, 1.54) is 11.0 Å². The number of amides is 1. The smallest absolute Gasteiger partial charge is 0.407 e. The second kappa shape index (κ2) is 5.71. The lowest BCUT2D eigenvalue weighted by Crippen LogP contribution is -2.36. The molecule has 1 aromatic carbocycles. The van der Waals surface area contributed by atoms with Gasteiger partial charge in [-0.1, -0.05) is 0 Å². The van der Waals surface area contributed by atoms with Crippen LogP contribution >= 0.6 is 0 Å². The highest BCUT2D eigenvalue weighted by Crippen LogP contribution is 2.37. The molecule has 0 radical (unpaired) electrons. The average Bonchev–Trinajstić information content (AvgIpc) is 3.13. The number of carbonyl (C=O) groups is 1. The van der Waals surface area contributed by atoms with Crippen LogP contribution in [0.25, 0.3) is 10.9 Å². The fraction of sp³-hybridized carbons (Fsp3) is 0.412. The molecule has 0 aliphatic carbocycles. The number of aryl methyl sites for hydroxylation is 2. The first-order chi connectivity index (χ1) is 11.3. The van der Waals surface area contributed by atoms with E-state index in [1.807, 2.05) is 24.8 Å². The highest BCUT2D eigenvalue weighted by molar-refractivity contribution is 5.99. The average molecular weight is 330 g/mol. The van der Waals surface area contributed by atoms with Crippen LogP contribution in [-0.4, -0.2) is 47.3 Å². The van der Waals surface area contributed by atoms with Gasteiger partial charge in [0.1, 0.15) is 11.9 Å². The minimum absolute atomic E-state index is 0.0960.